The second-order valence-corrected chi connectivity index (χ2v) is 7.11. The van der Waals surface area contributed by atoms with E-state index in [-0.39, 0.29) is 31.1 Å². The first-order chi connectivity index (χ1) is 14.4. The lowest BCUT2D eigenvalue weighted by Crippen LogP contribution is -2.39. The highest BCUT2D eigenvalue weighted by atomic mass is 16.5. The molecule has 1 aliphatic heterocycles. The Labute approximate surface area is 178 Å². The van der Waals surface area contributed by atoms with Crippen molar-refractivity contribution >= 4 is 17.4 Å². The molecule has 1 aromatic carbocycles. The lowest BCUT2D eigenvalue weighted by atomic mass is 10.0. The third-order valence-electron chi connectivity index (χ3n) is 4.74. The average molecular weight is 421 g/mol. The van der Waals surface area contributed by atoms with Gasteiger partial charge in [0.1, 0.15) is 11.4 Å². The zero-order valence-corrected chi connectivity index (χ0v) is 18.5. The molecule has 0 atom stereocenters. The smallest absolute Gasteiger partial charge is 0.277 e. The van der Waals surface area contributed by atoms with Crippen molar-refractivity contribution in [3.8, 4) is 5.75 Å². The molecule has 0 N–H and O–H groups in total. The highest BCUT2D eigenvalue weighted by molar-refractivity contribution is 6.35. The monoisotopic (exact) mass is 420 g/mol. The van der Waals surface area contributed by atoms with Gasteiger partial charge in [-0.1, -0.05) is 12.1 Å². The van der Waals surface area contributed by atoms with Crippen LogP contribution < -0.4 is 4.74 Å². The fraction of sp³-hybridized carbons (Fsp3) is 0.545. The third kappa shape index (κ3) is 5.81. The van der Waals surface area contributed by atoms with Gasteiger partial charge >= 0.3 is 0 Å². The lowest BCUT2D eigenvalue weighted by Gasteiger charge is -2.25. The molecule has 1 heterocycles. The normalized spacial score (nSPS) is 14.3. The summed E-state index contributed by atoms with van der Waals surface area (Å²) in [5, 5.41) is 0. The molecule has 166 valence electrons. The first-order valence-corrected chi connectivity index (χ1v) is 10.0. The van der Waals surface area contributed by atoms with E-state index in [1.165, 1.54) is 4.90 Å². The third-order valence-corrected chi connectivity index (χ3v) is 4.74. The van der Waals surface area contributed by atoms with Gasteiger partial charge in [-0.3, -0.25) is 14.5 Å². The molecule has 30 heavy (non-hydrogen) atoms. The van der Waals surface area contributed by atoms with Crippen molar-refractivity contribution in [2.45, 2.75) is 20.0 Å². The Kier molecular flexibility index (Phi) is 9.29. The van der Waals surface area contributed by atoms with Gasteiger partial charge in [0.25, 0.3) is 11.8 Å². The number of carbonyl (C=O) groups is 2. The summed E-state index contributed by atoms with van der Waals surface area (Å²) in [4.78, 5) is 29.7. The van der Waals surface area contributed by atoms with Gasteiger partial charge in [-0.15, -0.1) is 0 Å². The molecule has 8 heteroatoms. The largest absolute Gasteiger partial charge is 0.497 e. The zero-order chi connectivity index (χ0) is 22.1. The minimum atomic E-state index is -0.328. The van der Waals surface area contributed by atoms with Crippen molar-refractivity contribution in [3.63, 3.8) is 0 Å². The summed E-state index contributed by atoms with van der Waals surface area (Å²) in [7, 11) is 4.78. The van der Waals surface area contributed by atoms with E-state index in [0.29, 0.717) is 48.9 Å². The van der Waals surface area contributed by atoms with Crippen molar-refractivity contribution in [1.82, 2.24) is 9.80 Å². The number of benzene rings is 1. The van der Waals surface area contributed by atoms with Crippen LogP contribution in [0.5, 0.6) is 5.75 Å². The molecular formula is C22H32N2O6. The molecular weight excluding hydrogens is 388 g/mol. The Bertz CT molecular complexity index is 736. The standard InChI is InChI=1S/C22H32N2O6/c1-16(2)30-15-12-24-21(25)19(17-6-8-18(29-5)9-7-17)20(22(24)26)23(10-13-27-3)11-14-28-4/h6-9,16H,10-15H2,1-5H3. The highest BCUT2D eigenvalue weighted by Crippen LogP contribution is 2.32. The Morgan fingerprint density at radius 2 is 1.50 bits per heavy atom. The van der Waals surface area contributed by atoms with Gasteiger partial charge in [-0.2, -0.15) is 0 Å². The first-order valence-electron chi connectivity index (χ1n) is 10.0. The number of imide groups is 1. The number of methoxy groups -OCH3 is 3. The molecule has 0 saturated heterocycles. The maximum absolute atomic E-state index is 13.3. The van der Waals surface area contributed by atoms with E-state index < -0.39 is 0 Å². The number of nitrogens with zero attached hydrogens (tertiary/aromatic N) is 2. The number of carbonyl (C=O) groups excluding carboxylic acids is 2. The molecule has 8 nitrogen and oxygen atoms in total. The van der Waals surface area contributed by atoms with Crippen molar-refractivity contribution in [1.29, 1.82) is 0 Å². The van der Waals surface area contributed by atoms with E-state index in [1.54, 1.807) is 45.6 Å². The van der Waals surface area contributed by atoms with Crippen LogP contribution >= 0.6 is 0 Å². The number of hydrogen-bond acceptors (Lipinski definition) is 7. The molecule has 0 unspecified atom stereocenters. The Hall–Kier alpha value is -2.42. The van der Waals surface area contributed by atoms with E-state index in [9.17, 15) is 9.59 Å². The van der Waals surface area contributed by atoms with E-state index >= 15 is 0 Å². The summed E-state index contributed by atoms with van der Waals surface area (Å²) >= 11 is 0. The molecule has 2 rings (SSSR count). The van der Waals surface area contributed by atoms with Crippen molar-refractivity contribution < 1.29 is 28.5 Å². The maximum Gasteiger partial charge on any atom is 0.277 e. The molecule has 0 bridgehead atoms. The molecule has 2 amide bonds. The number of rotatable bonds is 13. The molecule has 0 fully saturated rings. The van der Waals surface area contributed by atoms with Crippen LogP contribution in [0.1, 0.15) is 19.4 Å². The van der Waals surface area contributed by atoms with Gasteiger partial charge in [-0.25, -0.2) is 0 Å². The topological polar surface area (TPSA) is 77.5 Å². The number of hydrogen-bond donors (Lipinski definition) is 0. The van der Waals surface area contributed by atoms with Crippen LogP contribution in [0.4, 0.5) is 0 Å². The van der Waals surface area contributed by atoms with Gasteiger partial charge in [0, 0.05) is 27.3 Å². The van der Waals surface area contributed by atoms with Crippen molar-refractivity contribution in [2.75, 3.05) is 60.8 Å². The minimum absolute atomic E-state index is 0.0196. The molecule has 0 aromatic heterocycles. The Balaban J connectivity index is 2.43. The van der Waals surface area contributed by atoms with Gasteiger partial charge < -0.3 is 23.8 Å². The van der Waals surface area contributed by atoms with E-state index in [0.717, 1.165) is 0 Å². The predicted octanol–water partition coefficient (Wildman–Crippen LogP) is 1.79. The van der Waals surface area contributed by atoms with E-state index in [2.05, 4.69) is 0 Å². The van der Waals surface area contributed by atoms with Gasteiger partial charge in [-0.05, 0) is 31.5 Å². The van der Waals surface area contributed by atoms with Gasteiger partial charge in [0.05, 0.1) is 45.2 Å². The molecule has 0 aliphatic carbocycles. The number of amides is 2. The molecule has 0 radical (unpaired) electrons. The fourth-order valence-electron chi connectivity index (χ4n) is 3.20. The van der Waals surface area contributed by atoms with Gasteiger partial charge in [0.2, 0.25) is 0 Å². The summed E-state index contributed by atoms with van der Waals surface area (Å²) in [6.45, 7) is 6.07. The Morgan fingerprint density at radius 3 is 2.00 bits per heavy atom. The predicted molar refractivity (Wildman–Crippen MR) is 113 cm³/mol. The number of ether oxygens (including phenoxy) is 4. The van der Waals surface area contributed by atoms with Crippen LogP contribution in [-0.4, -0.2) is 88.5 Å². The quantitative estimate of drug-likeness (QED) is 0.450. The second kappa shape index (κ2) is 11.7. The highest BCUT2D eigenvalue weighted by Gasteiger charge is 2.41. The summed E-state index contributed by atoms with van der Waals surface area (Å²) in [6.07, 6.45) is 0.0196. The van der Waals surface area contributed by atoms with E-state index in [4.69, 9.17) is 18.9 Å². The second-order valence-electron chi connectivity index (χ2n) is 7.11. The maximum atomic E-state index is 13.3. The first kappa shape index (κ1) is 23.9. The van der Waals surface area contributed by atoms with Crippen LogP contribution in [0.15, 0.2) is 30.0 Å². The van der Waals surface area contributed by atoms with Crippen LogP contribution in [0, 0.1) is 0 Å². The Morgan fingerprint density at radius 1 is 0.900 bits per heavy atom. The van der Waals surface area contributed by atoms with Crippen LogP contribution in [-0.2, 0) is 23.8 Å². The molecule has 1 aliphatic rings. The van der Waals surface area contributed by atoms with Crippen LogP contribution in [0.2, 0.25) is 0 Å². The van der Waals surface area contributed by atoms with Gasteiger partial charge in [0.15, 0.2) is 0 Å². The molecule has 1 aromatic rings. The SMILES string of the molecule is COCCN(CCOC)C1=C(c2ccc(OC)cc2)C(=O)N(CCOC(C)C)C1=O. The van der Waals surface area contributed by atoms with Crippen molar-refractivity contribution in [3.05, 3.63) is 35.5 Å². The summed E-state index contributed by atoms with van der Waals surface area (Å²) in [6, 6.07) is 7.13. The van der Waals surface area contributed by atoms with Crippen molar-refractivity contribution in [2.24, 2.45) is 0 Å². The fourth-order valence-corrected chi connectivity index (χ4v) is 3.20. The van der Waals surface area contributed by atoms with Crippen LogP contribution in [0.3, 0.4) is 0 Å². The summed E-state index contributed by atoms with van der Waals surface area (Å²) in [5.74, 6) is 0.0215. The van der Waals surface area contributed by atoms with E-state index in [1.807, 2.05) is 18.7 Å². The average Bonchev–Trinajstić information content (AvgIpc) is 2.98. The molecule has 0 saturated carbocycles. The molecule has 0 spiro atoms. The van der Waals surface area contributed by atoms with Crippen LogP contribution in [0.25, 0.3) is 5.57 Å². The summed E-state index contributed by atoms with van der Waals surface area (Å²) < 4.78 is 21.2. The lowest BCUT2D eigenvalue weighted by molar-refractivity contribution is -0.138. The zero-order valence-electron chi connectivity index (χ0n) is 18.5. The minimum Gasteiger partial charge on any atom is -0.497 e. The summed E-state index contributed by atoms with van der Waals surface area (Å²) in [5.41, 5.74) is 1.40.